The van der Waals surface area contributed by atoms with Gasteiger partial charge in [-0.05, 0) is 31.1 Å². The molecule has 0 radical (unpaired) electrons. The van der Waals surface area contributed by atoms with Crippen LogP contribution in [0.5, 0.6) is 0 Å². The fourth-order valence-corrected chi connectivity index (χ4v) is 6.14. The van der Waals surface area contributed by atoms with E-state index in [0.29, 0.717) is 25.0 Å². The second-order valence-corrected chi connectivity index (χ2v) is 14.4. The van der Waals surface area contributed by atoms with Gasteiger partial charge < -0.3 is 4.52 Å². The number of carbonyl (C=O) groups excluding carboxylic acids is 1. The molecule has 0 unspecified atom stereocenters. The Morgan fingerprint density at radius 2 is 0.875 bits per heavy atom. The van der Waals surface area contributed by atoms with Gasteiger partial charge in [0.25, 0.3) is 0 Å². The molecular formula is C34H69O5P. The summed E-state index contributed by atoms with van der Waals surface area (Å²) in [4.78, 5) is 12.5. The maximum atomic E-state index is 13.2. The van der Waals surface area contributed by atoms with Gasteiger partial charge >= 0.3 is 13.8 Å². The highest BCUT2D eigenvalue weighted by Gasteiger charge is 2.30. The zero-order valence-electron chi connectivity index (χ0n) is 27.5. The Balaban J connectivity index is 4.04. The Kier molecular flexibility index (Phi) is 28.5. The van der Waals surface area contributed by atoms with E-state index in [0.717, 1.165) is 57.8 Å². The Bertz CT molecular complexity index is 569. The second-order valence-electron chi connectivity index (χ2n) is 12.8. The van der Waals surface area contributed by atoms with E-state index < -0.39 is 13.8 Å². The third-order valence-electron chi connectivity index (χ3n) is 7.55. The van der Waals surface area contributed by atoms with E-state index in [9.17, 15) is 9.36 Å². The highest BCUT2D eigenvalue weighted by Crippen LogP contribution is 2.50. The minimum Gasteiger partial charge on any atom is -0.370 e. The van der Waals surface area contributed by atoms with Crippen LogP contribution >= 0.6 is 7.82 Å². The van der Waals surface area contributed by atoms with Crippen molar-refractivity contribution in [1.29, 1.82) is 0 Å². The lowest BCUT2D eigenvalue weighted by Crippen LogP contribution is -2.09. The molecule has 0 saturated heterocycles. The average molecular weight is 589 g/mol. The van der Waals surface area contributed by atoms with Crippen molar-refractivity contribution in [2.45, 2.75) is 189 Å². The van der Waals surface area contributed by atoms with Crippen LogP contribution in [-0.4, -0.2) is 19.2 Å². The molecule has 0 aromatic heterocycles. The molecule has 0 bridgehead atoms. The molecule has 0 aliphatic heterocycles. The molecule has 0 heterocycles. The van der Waals surface area contributed by atoms with Crippen molar-refractivity contribution in [2.24, 2.45) is 11.8 Å². The van der Waals surface area contributed by atoms with Crippen LogP contribution in [-0.2, 0) is 22.9 Å². The van der Waals surface area contributed by atoms with Crippen LogP contribution in [0.4, 0.5) is 0 Å². The first kappa shape index (κ1) is 39.6. The van der Waals surface area contributed by atoms with Gasteiger partial charge in [-0.25, -0.2) is 4.57 Å². The molecule has 240 valence electrons. The van der Waals surface area contributed by atoms with Crippen LogP contribution in [0.1, 0.15) is 189 Å². The summed E-state index contributed by atoms with van der Waals surface area (Å²) in [6.45, 7) is 11.8. The summed E-state index contributed by atoms with van der Waals surface area (Å²) in [6, 6.07) is 0. The van der Waals surface area contributed by atoms with Gasteiger partial charge in [-0.3, -0.25) is 13.8 Å². The maximum Gasteiger partial charge on any atom is 0.532 e. The molecular weight excluding hydrogens is 519 g/mol. The Morgan fingerprint density at radius 1 is 0.525 bits per heavy atom. The predicted molar refractivity (Wildman–Crippen MR) is 172 cm³/mol. The summed E-state index contributed by atoms with van der Waals surface area (Å²) < 4.78 is 29.6. The standard InChI is InChI=1S/C34H69O5P/c1-6-7-8-9-10-11-12-13-14-15-16-17-18-19-24-29-34(35)39-40(36,37-30-25-20-22-27-32(2)3)38-31-26-21-23-28-33(4)5/h32-33H,6-31H2,1-5H3. The largest absolute Gasteiger partial charge is 0.532 e. The number of phosphoric acid groups is 1. The fraction of sp³-hybridized carbons (Fsp3) is 0.971. The summed E-state index contributed by atoms with van der Waals surface area (Å²) in [5.41, 5.74) is 0. The Labute approximate surface area is 250 Å². The van der Waals surface area contributed by atoms with Gasteiger partial charge in [0.15, 0.2) is 0 Å². The summed E-state index contributed by atoms with van der Waals surface area (Å²) in [7, 11) is -3.85. The number of hydrogen-bond donors (Lipinski definition) is 0. The smallest absolute Gasteiger partial charge is 0.370 e. The van der Waals surface area contributed by atoms with Crippen molar-refractivity contribution in [2.75, 3.05) is 13.2 Å². The highest BCUT2D eigenvalue weighted by molar-refractivity contribution is 7.49. The quantitative estimate of drug-likeness (QED) is 0.0595. The SMILES string of the molecule is CCCCCCCCCCCCCCCCCC(=O)OP(=O)(OCCCCCC(C)C)OCCCCCC(C)C. The van der Waals surface area contributed by atoms with E-state index in [-0.39, 0.29) is 6.42 Å². The van der Waals surface area contributed by atoms with E-state index in [1.165, 1.54) is 89.9 Å². The molecule has 0 aromatic carbocycles. The molecule has 0 atom stereocenters. The molecule has 0 aromatic rings. The van der Waals surface area contributed by atoms with Gasteiger partial charge in [0.2, 0.25) is 0 Å². The van der Waals surface area contributed by atoms with Gasteiger partial charge in [-0.1, -0.05) is 163 Å². The summed E-state index contributed by atoms with van der Waals surface area (Å²) in [6.07, 6.45) is 27.7. The van der Waals surface area contributed by atoms with E-state index in [4.69, 9.17) is 13.6 Å². The highest BCUT2D eigenvalue weighted by atomic mass is 31.2. The first-order valence-electron chi connectivity index (χ1n) is 17.4. The van der Waals surface area contributed by atoms with Crippen molar-refractivity contribution >= 4 is 13.8 Å². The van der Waals surface area contributed by atoms with E-state index in [2.05, 4.69) is 34.6 Å². The van der Waals surface area contributed by atoms with Crippen LogP contribution in [0.15, 0.2) is 0 Å². The summed E-state index contributed by atoms with van der Waals surface area (Å²) >= 11 is 0. The second kappa shape index (κ2) is 28.7. The van der Waals surface area contributed by atoms with E-state index in [1.807, 2.05) is 0 Å². The molecule has 40 heavy (non-hydrogen) atoms. The monoisotopic (exact) mass is 588 g/mol. The first-order valence-corrected chi connectivity index (χ1v) is 18.9. The van der Waals surface area contributed by atoms with Gasteiger partial charge in [0, 0.05) is 6.42 Å². The van der Waals surface area contributed by atoms with Crippen molar-refractivity contribution < 1.29 is 22.9 Å². The lowest BCUT2D eigenvalue weighted by molar-refractivity contribution is -0.136. The van der Waals surface area contributed by atoms with Gasteiger partial charge in [-0.15, -0.1) is 0 Å². The van der Waals surface area contributed by atoms with Crippen LogP contribution in [0.2, 0.25) is 0 Å². The average Bonchev–Trinajstić information content (AvgIpc) is 2.90. The van der Waals surface area contributed by atoms with Crippen LogP contribution in [0, 0.1) is 11.8 Å². The Hall–Kier alpha value is -0.380. The fourth-order valence-electron chi connectivity index (χ4n) is 4.92. The van der Waals surface area contributed by atoms with Crippen molar-refractivity contribution in [3.8, 4) is 0 Å². The molecule has 0 saturated carbocycles. The van der Waals surface area contributed by atoms with Crippen LogP contribution in [0.3, 0.4) is 0 Å². The first-order chi connectivity index (χ1) is 19.3. The molecule has 0 aliphatic rings. The number of hydrogen-bond acceptors (Lipinski definition) is 5. The third-order valence-corrected chi connectivity index (χ3v) is 8.97. The van der Waals surface area contributed by atoms with Gasteiger partial charge in [-0.2, -0.15) is 0 Å². The lowest BCUT2D eigenvalue weighted by Gasteiger charge is -2.18. The molecule has 0 N–H and O–H groups in total. The molecule has 0 rings (SSSR count). The normalized spacial score (nSPS) is 12.1. The molecule has 6 heteroatoms. The van der Waals surface area contributed by atoms with Crippen molar-refractivity contribution in [3.63, 3.8) is 0 Å². The van der Waals surface area contributed by atoms with Crippen LogP contribution in [0.25, 0.3) is 0 Å². The predicted octanol–water partition coefficient (Wildman–Crippen LogP) is 12.4. The Morgan fingerprint density at radius 3 is 1.25 bits per heavy atom. The lowest BCUT2D eigenvalue weighted by atomic mass is 10.0. The van der Waals surface area contributed by atoms with E-state index >= 15 is 0 Å². The number of phosphoric ester groups is 1. The topological polar surface area (TPSA) is 61.8 Å². The minimum absolute atomic E-state index is 0.276. The molecule has 5 nitrogen and oxygen atoms in total. The van der Waals surface area contributed by atoms with Gasteiger partial charge in [0.1, 0.15) is 0 Å². The number of carbonyl (C=O) groups is 1. The molecule has 0 amide bonds. The maximum absolute atomic E-state index is 13.2. The van der Waals surface area contributed by atoms with Crippen molar-refractivity contribution in [1.82, 2.24) is 0 Å². The zero-order chi connectivity index (χ0) is 29.7. The zero-order valence-corrected chi connectivity index (χ0v) is 28.4. The van der Waals surface area contributed by atoms with Gasteiger partial charge in [0.05, 0.1) is 13.2 Å². The summed E-state index contributed by atoms with van der Waals surface area (Å²) in [5.74, 6) is 0.913. The summed E-state index contributed by atoms with van der Waals surface area (Å²) in [5, 5.41) is 0. The number of rotatable bonds is 31. The van der Waals surface area contributed by atoms with Crippen LogP contribution < -0.4 is 0 Å². The number of unbranched alkanes of at least 4 members (excludes halogenated alkanes) is 18. The molecule has 0 spiro atoms. The molecule has 0 fully saturated rings. The minimum atomic E-state index is -3.85. The van der Waals surface area contributed by atoms with E-state index in [1.54, 1.807) is 0 Å². The van der Waals surface area contributed by atoms with Crippen molar-refractivity contribution in [3.05, 3.63) is 0 Å². The molecule has 0 aliphatic carbocycles. The third kappa shape index (κ3) is 29.1.